The lowest BCUT2D eigenvalue weighted by molar-refractivity contribution is 0.0944. The number of halogens is 1. The Kier molecular flexibility index (Phi) is 3.20. The zero-order valence-electron chi connectivity index (χ0n) is 11.4. The van der Waals surface area contributed by atoms with Crippen molar-refractivity contribution in [1.82, 2.24) is 5.32 Å². The summed E-state index contributed by atoms with van der Waals surface area (Å²) in [6.45, 7) is 0. The quantitative estimate of drug-likeness (QED) is 0.778. The first-order valence-electron chi connectivity index (χ1n) is 6.93. The van der Waals surface area contributed by atoms with Crippen LogP contribution in [0.15, 0.2) is 58.0 Å². The van der Waals surface area contributed by atoms with Gasteiger partial charge in [-0.2, -0.15) is 0 Å². The van der Waals surface area contributed by atoms with Crippen molar-refractivity contribution in [2.75, 3.05) is 0 Å². The van der Waals surface area contributed by atoms with Gasteiger partial charge in [0.2, 0.25) is 0 Å². The highest BCUT2D eigenvalue weighted by Gasteiger charge is 2.44. The molecule has 0 amide bonds. The molecule has 1 aliphatic heterocycles. The van der Waals surface area contributed by atoms with Gasteiger partial charge >= 0.3 is 0 Å². The van der Waals surface area contributed by atoms with E-state index in [4.69, 9.17) is 12.2 Å². The van der Waals surface area contributed by atoms with E-state index >= 15 is 0 Å². The predicted molar refractivity (Wildman–Crippen MR) is 93.4 cm³/mol. The van der Waals surface area contributed by atoms with Crippen LogP contribution in [0.1, 0.15) is 27.5 Å². The lowest BCUT2D eigenvalue weighted by atomic mass is 9.87. The fourth-order valence-electron chi connectivity index (χ4n) is 3.15. The number of carbonyl (C=O) groups is 1. The van der Waals surface area contributed by atoms with E-state index < -0.39 is 0 Å². The number of nitrogens with one attached hydrogen (secondary N) is 1. The molecule has 0 spiro atoms. The molecule has 1 N–H and O–H groups in total. The van der Waals surface area contributed by atoms with Crippen LogP contribution >= 0.6 is 28.1 Å². The van der Waals surface area contributed by atoms with E-state index in [-0.39, 0.29) is 17.7 Å². The van der Waals surface area contributed by atoms with Crippen LogP contribution in [0.4, 0.5) is 0 Å². The summed E-state index contributed by atoms with van der Waals surface area (Å²) >= 11 is 8.77. The summed E-state index contributed by atoms with van der Waals surface area (Å²) in [6.07, 6.45) is 0. The van der Waals surface area contributed by atoms with Crippen molar-refractivity contribution in [2.24, 2.45) is 10.9 Å². The van der Waals surface area contributed by atoms with E-state index in [1.807, 2.05) is 48.5 Å². The molecule has 0 aromatic heterocycles. The van der Waals surface area contributed by atoms with Crippen LogP contribution in [-0.4, -0.2) is 16.6 Å². The first-order chi connectivity index (χ1) is 10.6. The molecule has 0 saturated heterocycles. The largest absolute Gasteiger partial charge is 0.353 e. The Labute approximate surface area is 141 Å². The summed E-state index contributed by atoms with van der Waals surface area (Å²) in [7, 11) is 0. The number of rotatable bonds is 1. The van der Waals surface area contributed by atoms with Gasteiger partial charge in [-0.05, 0) is 29.9 Å². The Morgan fingerprint density at radius 2 is 1.86 bits per heavy atom. The molecule has 0 saturated carbocycles. The van der Waals surface area contributed by atoms with Crippen molar-refractivity contribution in [3.05, 3.63) is 69.7 Å². The van der Waals surface area contributed by atoms with Crippen molar-refractivity contribution in [3.8, 4) is 0 Å². The summed E-state index contributed by atoms with van der Waals surface area (Å²) in [5.41, 5.74) is 3.45. The maximum absolute atomic E-state index is 12.8. The minimum atomic E-state index is -0.321. The van der Waals surface area contributed by atoms with Gasteiger partial charge in [-0.3, -0.25) is 4.79 Å². The van der Waals surface area contributed by atoms with Crippen molar-refractivity contribution in [2.45, 2.75) is 6.04 Å². The fourth-order valence-corrected chi connectivity index (χ4v) is 3.80. The summed E-state index contributed by atoms with van der Waals surface area (Å²) < 4.78 is 0.977. The van der Waals surface area contributed by atoms with Gasteiger partial charge in [0.1, 0.15) is 0 Å². The van der Waals surface area contributed by atoms with Crippen LogP contribution in [0.3, 0.4) is 0 Å². The first kappa shape index (κ1) is 13.8. The number of ketones is 1. The highest BCUT2D eigenvalue weighted by atomic mass is 79.9. The third kappa shape index (κ3) is 2.04. The summed E-state index contributed by atoms with van der Waals surface area (Å²) in [4.78, 5) is 17.3. The average molecular weight is 371 g/mol. The Morgan fingerprint density at radius 3 is 2.64 bits per heavy atom. The van der Waals surface area contributed by atoms with E-state index in [0.29, 0.717) is 5.11 Å². The second-order valence-electron chi connectivity index (χ2n) is 5.37. The minimum absolute atomic E-state index is 0.106. The zero-order chi connectivity index (χ0) is 15.3. The molecule has 2 unspecified atom stereocenters. The lowest BCUT2D eigenvalue weighted by Crippen LogP contribution is -2.41. The van der Waals surface area contributed by atoms with Crippen LogP contribution in [0.2, 0.25) is 0 Å². The van der Waals surface area contributed by atoms with Gasteiger partial charge in [0, 0.05) is 15.6 Å². The van der Waals surface area contributed by atoms with Crippen molar-refractivity contribution in [3.63, 3.8) is 0 Å². The lowest BCUT2D eigenvalue weighted by Gasteiger charge is -2.29. The summed E-state index contributed by atoms with van der Waals surface area (Å²) in [5, 5.41) is 3.63. The molecule has 2 atom stereocenters. The number of thiocarbonyl (C=S) groups is 1. The van der Waals surface area contributed by atoms with E-state index in [1.54, 1.807) is 0 Å². The summed E-state index contributed by atoms with van der Waals surface area (Å²) in [6, 6.07) is 15.4. The normalized spacial score (nSPS) is 22.7. The number of Topliss-reactive ketones (excluding diaryl/α,β-unsaturated/α-hetero) is 1. The molecule has 0 radical (unpaired) electrons. The molecular formula is C17H11BrN2OS. The van der Waals surface area contributed by atoms with Crippen LogP contribution in [0.5, 0.6) is 0 Å². The number of benzene rings is 2. The van der Waals surface area contributed by atoms with Gasteiger partial charge in [-0.1, -0.05) is 52.3 Å². The van der Waals surface area contributed by atoms with E-state index in [2.05, 4.69) is 26.2 Å². The number of hydrogen-bond acceptors (Lipinski definition) is 2. The number of hydrogen-bond donors (Lipinski definition) is 1. The Bertz CT molecular complexity index is 846. The topological polar surface area (TPSA) is 41.5 Å². The highest BCUT2D eigenvalue weighted by molar-refractivity contribution is 9.10. The van der Waals surface area contributed by atoms with Gasteiger partial charge in [0.25, 0.3) is 0 Å². The Morgan fingerprint density at radius 1 is 1.09 bits per heavy atom. The molecule has 108 valence electrons. The van der Waals surface area contributed by atoms with Crippen molar-refractivity contribution >= 4 is 44.8 Å². The van der Waals surface area contributed by atoms with Crippen molar-refractivity contribution in [1.29, 1.82) is 0 Å². The van der Waals surface area contributed by atoms with Gasteiger partial charge in [0.05, 0.1) is 17.7 Å². The van der Waals surface area contributed by atoms with Crippen molar-refractivity contribution < 1.29 is 4.79 Å². The fraction of sp³-hybridized carbons (Fsp3) is 0.118. The molecule has 4 rings (SSSR count). The van der Waals surface area contributed by atoms with Crippen LogP contribution in [-0.2, 0) is 0 Å². The second-order valence-corrected chi connectivity index (χ2v) is 6.67. The number of aliphatic imine (C=N–C) groups is 1. The Balaban J connectivity index is 1.87. The first-order valence-corrected chi connectivity index (χ1v) is 8.13. The zero-order valence-corrected chi connectivity index (χ0v) is 13.8. The van der Waals surface area contributed by atoms with Gasteiger partial charge in [0.15, 0.2) is 10.9 Å². The maximum Gasteiger partial charge on any atom is 0.193 e. The number of nitrogens with zero attached hydrogens (tertiary/aromatic N) is 1. The molecule has 1 aliphatic carbocycles. The molecule has 2 aromatic carbocycles. The smallest absolute Gasteiger partial charge is 0.193 e. The second kappa shape index (κ2) is 5.11. The molecule has 0 bridgehead atoms. The minimum Gasteiger partial charge on any atom is -0.353 e. The van der Waals surface area contributed by atoms with Gasteiger partial charge < -0.3 is 5.32 Å². The summed E-state index contributed by atoms with van der Waals surface area (Å²) in [5.74, 6) is -0.215. The van der Waals surface area contributed by atoms with Gasteiger partial charge in [-0.15, -0.1) is 0 Å². The number of carbonyl (C=O) groups excluding carboxylic acids is 1. The van der Waals surface area contributed by atoms with E-state index in [9.17, 15) is 4.79 Å². The van der Waals surface area contributed by atoms with Crippen LogP contribution in [0, 0.1) is 5.92 Å². The van der Waals surface area contributed by atoms with E-state index in [1.165, 1.54) is 0 Å². The molecule has 2 aliphatic rings. The molecule has 5 heteroatoms. The van der Waals surface area contributed by atoms with E-state index in [0.717, 1.165) is 26.9 Å². The Hall–Kier alpha value is -1.85. The third-order valence-corrected chi connectivity index (χ3v) is 4.79. The molecule has 2 aromatic rings. The molecule has 0 fully saturated rings. The van der Waals surface area contributed by atoms with Crippen LogP contribution in [0.25, 0.3) is 0 Å². The molecular weight excluding hydrogens is 360 g/mol. The number of fused-ring (bicyclic) bond motifs is 3. The standard InChI is InChI=1S/C17H11BrN2OS/c18-10-5-3-4-9(8-10)14-13-15(20-17(22)19-14)11-6-1-2-7-12(11)16(13)21/h1-8,13-14H,(H,19,22). The molecule has 22 heavy (non-hydrogen) atoms. The third-order valence-electron chi connectivity index (χ3n) is 4.09. The average Bonchev–Trinajstić information content (AvgIpc) is 2.80. The predicted octanol–water partition coefficient (Wildman–Crippen LogP) is 3.68. The monoisotopic (exact) mass is 370 g/mol. The molecule has 1 heterocycles. The highest BCUT2D eigenvalue weighted by Crippen LogP contribution is 2.38. The SMILES string of the molecule is O=C1c2ccccc2C2=NC(=S)NC(c3cccc(Br)c3)C12. The maximum atomic E-state index is 12.8. The molecule has 3 nitrogen and oxygen atoms in total. The van der Waals surface area contributed by atoms with Gasteiger partial charge in [-0.25, -0.2) is 4.99 Å². The van der Waals surface area contributed by atoms with Crippen LogP contribution < -0.4 is 5.32 Å².